The van der Waals surface area contributed by atoms with Crippen LogP contribution in [0.4, 0.5) is 5.82 Å². The number of pyridine rings is 1. The number of aryl methyl sites for hydroxylation is 2. The molecule has 17 heavy (non-hydrogen) atoms. The van der Waals surface area contributed by atoms with E-state index in [1.165, 1.54) is 0 Å². The molecule has 2 N–H and O–H groups in total. The van der Waals surface area contributed by atoms with E-state index in [9.17, 15) is 4.79 Å². The second-order valence-electron chi connectivity index (χ2n) is 4.99. The third-order valence-corrected chi connectivity index (χ3v) is 3.21. The Morgan fingerprint density at radius 1 is 1.47 bits per heavy atom. The molecule has 4 nitrogen and oxygen atoms in total. The van der Waals surface area contributed by atoms with Gasteiger partial charge in [0.05, 0.1) is 5.54 Å². The number of carbonyl (C=O) groups excluding carboxylic acids is 1. The average molecular weight is 233 g/mol. The molecule has 1 atom stereocenters. The van der Waals surface area contributed by atoms with Gasteiger partial charge in [-0.05, 0) is 57.9 Å². The number of nitrogens with one attached hydrogen (secondary N) is 2. The third kappa shape index (κ3) is 2.64. The van der Waals surface area contributed by atoms with E-state index in [2.05, 4.69) is 15.6 Å². The Morgan fingerprint density at radius 3 is 2.82 bits per heavy atom. The molecule has 0 spiro atoms. The lowest BCUT2D eigenvalue weighted by atomic mass is 9.99. The van der Waals surface area contributed by atoms with Crippen LogP contribution in [0, 0.1) is 13.8 Å². The quantitative estimate of drug-likeness (QED) is 0.818. The molecular weight excluding hydrogens is 214 g/mol. The number of rotatable bonds is 2. The first kappa shape index (κ1) is 12.0. The highest BCUT2D eigenvalue weighted by atomic mass is 16.2. The number of carbonyl (C=O) groups is 1. The Labute approximate surface area is 102 Å². The second kappa shape index (κ2) is 4.45. The molecule has 2 heterocycles. The van der Waals surface area contributed by atoms with E-state index in [0.717, 1.165) is 30.6 Å². The van der Waals surface area contributed by atoms with Gasteiger partial charge in [-0.1, -0.05) is 0 Å². The molecule has 0 bridgehead atoms. The Bertz CT molecular complexity index is 416. The molecule has 1 aliphatic heterocycles. The predicted octanol–water partition coefficient (Wildman–Crippen LogP) is 1.78. The van der Waals surface area contributed by atoms with Crippen molar-refractivity contribution in [3.05, 3.63) is 23.4 Å². The number of aromatic nitrogens is 1. The molecule has 1 aliphatic rings. The minimum absolute atomic E-state index is 0.00694. The summed E-state index contributed by atoms with van der Waals surface area (Å²) < 4.78 is 0. The molecule has 1 amide bonds. The first-order valence-corrected chi connectivity index (χ1v) is 6.01. The van der Waals surface area contributed by atoms with Crippen LogP contribution in [0.25, 0.3) is 0 Å². The highest BCUT2D eigenvalue weighted by molar-refractivity contribution is 5.97. The zero-order chi connectivity index (χ0) is 12.5. The number of nitrogens with zero attached hydrogens (tertiary/aromatic N) is 1. The minimum Gasteiger partial charge on any atom is -0.309 e. The fourth-order valence-electron chi connectivity index (χ4n) is 2.25. The van der Waals surface area contributed by atoms with E-state index < -0.39 is 5.54 Å². The summed E-state index contributed by atoms with van der Waals surface area (Å²) in [6.45, 7) is 6.78. The van der Waals surface area contributed by atoms with Gasteiger partial charge in [0.2, 0.25) is 5.91 Å². The lowest BCUT2D eigenvalue weighted by molar-refractivity contribution is -0.121. The summed E-state index contributed by atoms with van der Waals surface area (Å²) in [4.78, 5) is 16.5. The largest absolute Gasteiger partial charge is 0.309 e. The molecule has 1 aromatic rings. The fourth-order valence-corrected chi connectivity index (χ4v) is 2.25. The van der Waals surface area contributed by atoms with Crippen molar-refractivity contribution in [2.45, 2.75) is 39.2 Å². The van der Waals surface area contributed by atoms with Crippen LogP contribution in [0.2, 0.25) is 0 Å². The van der Waals surface area contributed by atoms with E-state index in [1.807, 2.05) is 32.9 Å². The van der Waals surface area contributed by atoms with Crippen molar-refractivity contribution in [2.75, 3.05) is 11.9 Å². The summed E-state index contributed by atoms with van der Waals surface area (Å²) in [6.07, 6.45) is 1.92. The first-order chi connectivity index (χ1) is 7.99. The molecule has 92 valence electrons. The van der Waals surface area contributed by atoms with Gasteiger partial charge in [-0.15, -0.1) is 0 Å². The average Bonchev–Trinajstić information content (AvgIpc) is 2.64. The van der Waals surface area contributed by atoms with Crippen LogP contribution >= 0.6 is 0 Å². The highest BCUT2D eigenvalue weighted by Gasteiger charge is 2.35. The summed E-state index contributed by atoms with van der Waals surface area (Å²) >= 11 is 0. The van der Waals surface area contributed by atoms with Crippen LogP contribution in [0.5, 0.6) is 0 Å². The van der Waals surface area contributed by atoms with Gasteiger partial charge < -0.3 is 10.6 Å². The molecule has 1 unspecified atom stereocenters. The van der Waals surface area contributed by atoms with Crippen molar-refractivity contribution in [3.63, 3.8) is 0 Å². The molecule has 4 heteroatoms. The minimum atomic E-state index is -0.445. The van der Waals surface area contributed by atoms with Crippen LogP contribution in [0.15, 0.2) is 12.1 Å². The van der Waals surface area contributed by atoms with Crippen molar-refractivity contribution in [1.82, 2.24) is 10.3 Å². The Balaban J connectivity index is 2.12. The Morgan fingerprint density at radius 2 is 2.24 bits per heavy atom. The van der Waals surface area contributed by atoms with E-state index in [0.29, 0.717) is 5.82 Å². The lowest BCUT2D eigenvalue weighted by Gasteiger charge is -2.22. The third-order valence-electron chi connectivity index (χ3n) is 3.21. The predicted molar refractivity (Wildman–Crippen MR) is 68.0 cm³/mol. The summed E-state index contributed by atoms with van der Waals surface area (Å²) in [5, 5.41) is 6.14. The second-order valence-corrected chi connectivity index (χ2v) is 4.99. The molecule has 0 aliphatic carbocycles. The van der Waals surface area contributed by atoms with Gasteiger partial charge in [-0.25, -0.2) is 4.98 Å². The standard InChI is InChI=1S/C13H19N3O/c1-9-7-10(2)15-11(8-9)16-12(17)13(3)5-4-6-14-13/h7-8,14H,4-6H2,1-3H3,(H,15,16,17). The molecular formula is C13H19N3O. The summed E-state index contributed by atoms with van der Waals surface area (Å²) in [5.74, 6) is 0.648. The monoisotopic (exact) mass is 233 g/mol. The van der Waals surface area contributed by atoms with Crippen LogP contribution in [-0.4, -0.2) is 23.0 Å². The Hall–Kier alpha value is -1.42. The van der Waals surface area contributed by atoms with Gasteiger partial charge in [-0.3, -0.25) is 4.79 Å². The highest BCUT2D eigenvalue weighted by Crippen LogP contribution is 2.20. The summed E-state index contributed by atoms with van der Waals surface area (Å²) in [5.41, 5.74) is 1.58. The van der Waals surface area contributed by atoms with Gasteiger partial charge >= 0.3 is 0 Å². The van der Waals surface area contributed by atoms with Gasteiger partial charge in [0, 0.05) is 5.69 Å². The van der Waals surface area contributed by atoms with Crippen LogP contribution in [0.3, 0.4) is 0 Å². The van der Waals surface area contributed by atoms with Crippen molar-refractivity contribution in [2.24, 2.45) is 0 Å². The van der Waals surface area contributed by atoms with Crippen molar-refractivity contribution in [3.8, 4) is 0 Å². The van der Waals surface area contributed by atoms with E-state index >= 15 is 0 Å². The molecule has 0 saturated carbocycles. The normalized spacial score (nSPS) is 23.7. The maximum absolute atomic E-state index is 12.1. The molecule has 1 fully saturated rings. The zero-order valence-electron chi connectivity index (χ0n) is 10.6. The lowest BCUT2D eigenvalue weighted by Crippen LogP contribution is -2.48. The van der Waals surface area contributed by atoms with Crippen LogP contribution < -0.4 is 10.6 Å². The van der Waals surface area contributed by atoms with Crippen molar-refractivity contribution in [1.29, 1.82) is 0 Å². The molecule has 2 rings (SSSR count). The molecule has 0 radical (unpaired) electrons. The zero-order valence-corrected chi connectivity index (χ0v) is 10.6. The van der Waals surface area contributed by atoms with Crippen molar-refractivity contribution < 1.29 is 4.79 Å². The van der Waals surface area contributed by atoms with Gasteiger partial charge in [0.15, 0.2) is 0 Å². The molecule has 1 saturated heterocycles. The number of hydrogen-bond acceptors (Lipinski definition) is 3. The van der Waals surface area contributed by atoms with Gasteiger partial charge in [0.1, 0.15) is 5.82 Å². The SMILES string of the molecule is Cc1cc(C)nc(NC(=O)C2(C)CCCN2)c1. The topological polar surface area (TPSA) is 54.0 Å². The Kier molecular flexibility index (Phi) is 3.15. The van der Waals surface area contributed by atoms with Gasteiger partial charge in [0.25, 0.3) is 0 Å². The number of amides is 1. The first-order valence-electron chi connectivity index (χ1n) is 6.01. The van der Waals surface area contributed by atoms with E-state index in [1.54, 1.807) is 0 Å². The number of anilines is 1. The number of hydrogen-bond donors (Lipinski definition) is 2. The molecule has 0 aromatic carbocycles. The van der Waals surface area contributed by atoms with Crippen molar-refractivity contribution >= 4 is 11.7 Å². The fraction of sp³-hybridized carbons (Fsp3) is 0.538. The molecule has 1 aromatic heterocycles. The van der Waals surface area contributed by atoms with Crippen LogP contribution in [-0.2, 0) is 4.79 Å². The van der Waals surface area contributed by atoms with Gasteiger partial charge in [-0.2, -0.15) is 0 Å². The van der Waals surface area contributed by atoms with E-state index in [-0.39, 0.29) is 5.91 Å². The summed E-state index contributed by atoms with van der Waals surface area (Å²) in [6, 6.07) is 3.88. The van der Waals surface area contributed by atoms with Crippen LogP contribution in [0.1, 0.15) is 31.0 Å². The maximum atomic E-state index is 12.1. The van der Waals surface area contributed by atoms with E-state index in [4.69, 9.17) is 0 Å². The summed E-state index contributed by atoms with van der Waals surface area (Å²) in [7, 11) is 0. The smallest absolute Gasteiger partial charge is 0.245 e. The maximum Gasteiger partial charge on any atom is 0.245 e.